The second kappa shape index (κ2) is 3.80. The van der Waals surface area contributed by atoms with Gasteiger partial charge in [-0.05, 0) is 43.0 Å². The highest BCUT2D eigenvalue weighted by Gasteiger charge is 2.20. The third kappa shape index (κ3) is 1.46. The van der Waals surface area contributed by atoms with Crippen LogP contribution in [0.4, 0.5) is 0 Å². The highest BCUT2D eigenvalue weighted by molar-refractivity contribution is 5.40. The van der Waals surface area contributed by atoms with Crippen LogP contribution in [0, 0.1) is 0 Å². The molecule has 1 aliphatic carbocycles. The summed E-state index contributed by atoms with van der Waals surface area (Å²) in [5, 5.41) is 0. The molecule has 0 saturated heterocycles. The second-order valence-electron chi connectivity index (χ2n) is 4.42. The Morgan fingerprint density at radius 1 is 1.12 bits per heavy atom. The van der Waals surface area contributed by atoms with Crippen molar-refractivity contribution in [2.45, 2.75) is 25.3 Å². The van der Waals surface area contributed by atoms with E-state index < -0.39 is 0 Å². The Bertz CT molecular complexity index is 485. The summed E-state index contributed by atoms with van der Waals surface area (Å²) in [5.74, 6) is 0. The van der Waals surface area contributed by atoms with Crippen molar-refractivity contribution in [1.29, 1.82) is 0 Å². The Kier molecular flexibility index (Phi) is 2.29. The van der Waals surface area contributed by atoms with Gasteiger partial charge in [0.15, 0.2) is 0 Å². The zero-order valence-electron chi connectivity index (χ0n) is 9.26. The summed E-state index contributed by atoms with van der Waals surface area (Å²) in [6, 6.07) is 12.9. The first-order valence-corrected chi connectivity index (χ1v) is 5.87. The maximum atomic E-state index is 6.12. The van der Waals surface area contributed by atoms with Crippen LogP contribution in [0.15, 0.2) is 42.6 Å². The quantitative estimate of drug-likeness (QED) is 0.774. The molecule has 1 aromatic carbocycles. The lowest BCUT2D eigenvalue weighted by atomic mass is 9.93. The first kappa shape index (κ1) is 9.67. The molecule has 2 nitrogen and oxygen atoms in total. The van der Waals surface area contributed by atoms with Gasteiger partial charge < -0.3 is 10.3 Å². The molecule has 0 aliphatic heterocycles. The maximum Gasteiger partial charge on any atom is 0.0452 e. The molecular formula is C14H16N2. The van der Waals surface area contributed by atoms with Gasteiger partial charge in [-0.3, -0.25) is 0 Å². The van der Waals surface area contributed by atoms with Crippen molar-refractivity contribution < 1.29 is 0 Å². The number of nitrogens with zero attached hydrogens (tertiary/aromatic N) is 1. The number of hydrogen-bond donors (Lipinski definition) is 1. The van der Waals surface area contributed by atoms with E-state index in [4.69, 9.17) is 5.73 Å². The van der Waals surface area contributed by atoms with Crippen molar-refractivity contribution in [3.63, 3.8) is 0 Å². The summed E-state index contributed by atoms with van der Waals surface area (Å²) in [6.45, 7) is 0. The molecule has 0 radical (unpaired) electrons. The highest BCUT2D eigenvalue weighted by atomic mass is 15.0. The molecule has 0 fully saturated rings. The first-order chi connectivity index (χ1) is 7.86. The Labute approximate surface area is 95.7 Å². The minimum Gasteiger partial charge on any atom is -0.324 e. The predicted octanol–water partition coefficient (Wildman–Crippen LogP) is 2.81. The van der Waals surface area contributed by atoms with Gasteiger partial charge in [0.2, 0.25) is 0 Å². The molecule has 2 N–H and O–H groups in total. The largest absolute Gasteiger partial charge is 0.324 e. The summed E-state index contributed by atoms with van der Waals surface area (Å²) in [4.78, 5) is 0. The molecule has 1 heterocycles. The zero-order valence-corrected chi connectivity index (χ0v) is 9.26. The fraction of sp³-hybridized carbons (Fsp3) is 0.286. The third-order valence-corrected chi connectivity index (χ3v) is 3.39. The van der Waals surface area contributed by atoms with E-state index in [9.17, 15) is 0 Å². The van der Waals surface area contributed by atoms with Crippen LogP contribution < -0.4 is 5.73 Å². The number of hydrogen-bond acceptors (Lipinski definition) is 1. The predicted molar refractivity (Wildman–Crippen MR) is 65.6 cm³/mol. The van der Waals surface area contributed by atoms with Gasteiger partial charge in [-0.25, -0.2) is 0 Å². The van der Waals surface area contributed by atoms with Crippen LogP contribution in [0.1, 0.15) is 30.1 Å². The highest BCUT2D eigenvalue weighted by Crippen LogP contribution is 2.30. The van der Waals surface area contributed by atoms with Crippen LogP contribution >= 0.6 is 0 Å². The third-order valence-electron chi connectivity index (χ3n) is 3.39. The molecule has 1 aromatic heterocycles. The van der Waals surface area contributed by atoms with Crippen molar-refractivity contribution in [2.24, 2.45) is 5.73 Å². The smallest absolute Gasteiger partial charge is 0.0452 e. The summed E-state index contributed by atoms with van der Waals surface area (Å²) in [7, 11) is 0. The number of fused-ring (bicyclic) bond motifs is 1. The fourth-order valence-electron chi connectivity index (χ4n) is 2.56. The van der Waals surface area contributed by atoms with Gasteiger partial charge in [-0.15, -0.1) is 0 Å². The lowest BCUT2D eigenvalue weighted by Crippen LogP contribution is -2.17. The van der Waals surface area contributed by atoms with Crippen LogP contribution in [0.2, 0.25) is 0 Å². The Balaban J connectivity index is 2.10. The van der Waals surface area contributed by atoms with Gasteiger partial charge in [0.05, 0.1) is 0 Å². The van der Waals surface area contributed by atoms with Crippen molar-refractivity contribution in [2.75, 3.05) is 0 Å². The van der Waals surface area contributed by atoms with Gasteiger partial charge in [0, 0.05) is 23.6 Å². The molecule has 0 saturated carbocycles. The van der Waals surface area contributed by atoms with Gasteiger partial charge in [0.1, 0.15) is 0 Å². The molecule has 2 aromatic rings. The van der Waals surface area contributed by atoms with E-state index in [-0.39, 0.29) is 6.04 Å². The van der Waals surface area contributed by atoms with Crippen LogP contribution in [0.25, 0.3) is 5.69 Å². The number of benzene rings is 1. The van der Waals surface area contributed by atoms with Crippen LogP contribution in [-0.2, 0) is 6.42 Å². The molecule has 1 atom stereocenters. The van der Waals surface area contributed by atoms with Gasteiger partial charge in [-0.1, -0.05) is 18.2 Å². The topological polar surface area (TPSA) is 30.9 Å². The Morgan fingerprint density at radius 3 is 2.75 bits per heavy atom. The standard InChI is InChI=1S/C14H16N2/c15-13-7-4-8-14-12(13)9-10-16(14)11-5-2-1-3-6-11/h1-3,5-6,9-10,13H,4,7-8,15H2. The number of rotatable bonds is 1. The summed E-state index contributed by atoms with van der Waals surface area (Å²) < 4.78 is 2.27. The van der Waals surface area contributed by atoms with E-state index >= 15 is 0 Å². The molecule has 2 heteroatoms. The monoisotopic (exact) mass is 212 g/mol. The van der Waals surface area contributed by atoms with E-state index in [1.54, 1.807) is 0 Å². The van der Waals surface area contributed by atoms with E-state index in [0.29, 0.717) is 0 Å². The van der Waals surface area contributed by atoms with Crippen LogP contribution in [0.3, 0.4) is 0 Å². The Hall–Kier alpha value is -1.54. The molecule has 0 spiro atoms. The van der Waals surface area contributed by atoms with E-state index in [1.807, 2.05) is 6.07 Å². The average Bonchev–Trinajstić information content (AvgIpc) is 2.75. The molecule has 82 valence electrons. The van der Waals surface area contributed by atoms with E-state index in [0.717, 1.165) is 12.8 Å². The molecule has 3 rings (SSSR count). The number of aromatic nitrogens is 1. The van der Waals surface area contributed by atoms with Crippen LogP contribution in [0.5, 0.6) is 0 Å². The lowest BCUT2D eigenvalue weighted by Gasteiger charge is -2.20. The minimum absolute atomic E-state index is 0.230. The minimum atomic E-state index is 0.230. The normalized spacial score (nSPS) is 19.4. The molecule has 16 heavy (non-hydrogen) atoms. The van der Waals surface area contributed by atoms with Gasteiger partial charge >= 0.3 is 0 Å². The fourth-order valence-corrected chi connectivity index (χ4v) is 2.56. The summed E-state index contributed by atoms with van der Waals surface area (Å²) in [6.07, 6.45) is 5.60. The zero-order chi connectivity index (χ0) is 11.0. The molecule has 1 aliphatic rings. The molecule has 0 bridgehead atoms. The molecular weight excluding hydrogens is 196 g/mol. The molecule has 0 amide bonds. The van der Waals surface area contributed by atoms with Crippen molar-refractivity contribution in [3.05, 3.63) is 53.9 Å². The lowest BCUT2D eigenvalue weighted by molar-refractivity contribution is 0.560. The average molecular weight is 212 g/mol. The van der Waals surface area contributed by atoms with Gasteiger partial charge in [-0.2, -0.15) is 0 Å². The SMILES string of the molecule is NC1CCCc2c1ccn2-c1ccccc1. The summed E-state index contributed by atoms with van der Waals surface area (Å²) >= 11 is 0. The maximum absolute atomic E-state index is 6.12. The second-order valence-corrected chi connectivity index (χ2v) is 4.42. The molecule has 1 unspecified atom stereocenters. The first-order valence-electron chi connectivity index (χ1n) is 5.87. The number of para-hydroxylation sites is 1. The number of nitrogens with two attached hydrogens (primary N) is 1. The van der Waals surface area contributed by atoms with Crippen molar-refractivity contribution in [1.82, 2.24) is 4.57 Å². The van der Waals surface area contributed by atoms with Gasteiger partial charge in [0.25, 0.3) is 0 Å². The summed E-state index contributed by atoms with van der Waals surface area (Å²) in [5.41, 5.74) is 10.1. The van der Waals surface area contributed by atoms with Crippen LogP contribution in [-0.4, -0.2) is 4.57 Å². The van der Waals surface area contributed by atoms with E-state index in [2.05, 4.69) is 41.1 Å². The van der Waals surface area contributed by atoms with E-state index in [1.165, 1.54) is 23.4 Å². The Morgan fingerprint density at radius 2 is 1.94 bits per heavy atom. The van der Waals surface area contributed by atoms with Crippen molar-refractivity contribution >= 4 is 0 Å². The van der Waals surface area contributed by atoms with Crippen molar-refractivity contribution in [3.8, 4) is 5.69 Å².